The number of hydrogen-bond acceptors (Lipinski definition) is 2. The molecule has 4 N–H and O–H groups in total. The van der Waals surface area contributed by atoms with E-state index in [-0.39, 0.29) is 0 Å². The maximum absolute atomic E-state index is 5.76. The largest absolute Gasteiger partial charge is 0.398 e. The van der Waals surface area contributed by atoms with E-state index in [1.165, 1.54) is 0 Å². The number of benzene rings is 1. The normalized spacial score (nSPS) is 10.1. The molecule has 0 aromatic heterocycles. The first-order valence-corrected chi connectivity index (χ1v) is 4.19. The minimum Gasteiger partial charge on any atom is -0.398 e. The lowest BCUT2D eigenvalue weighted by molar-refractivity contribution is 1.07. The summed E-state index contributed by atoms with van der Waals surface area (Å²) in [6, 6.07) is 3.93. The molecule has 0 bridgehead atoms. The zero-order valence-corrected chi connectivity index (χ0v) is 7.98. The number of halogens is 1. The Hall–Kier alpha value is -0.540. The first-order chi connectivity index (χ1) is 5.15. The zero-order valence-electron chi connectivity index (χ0n) is 6.39. The van der Waals surface area contributed by atoms with Crippen LogP contribution in [0.4, 0.5) is 5.69 Å². The van der Waals surface area contributed by atoms with Crippen molar-refractivity contribution in [1.82, 2.24) is 0 Å². The van der Waals surface area contributed by atoms with E-state index in [0.717, 1.165) is 21.3 Å². The van der Waals surface area contributed by atoms with E-state index in [9.17, 15) is 0 Å². The van der Waals surface area contributed by atoms with E-state index in [4.69, 9.17) is 11.5 Å². The molecule has 1 aromatic carbocycles. The maximum Gasteiger partial charge on any atom is 0.0390 e. The summed E-state index contributed by atoms with van der Waals surface area (Å²) in [4.78, 5) is 0. The molecule has 0 unspecified atom stereocenters. The fourth-order valence-corrected chi connectivity index (χ4v) is 1.61. The molecule has 0 atom stereocenters. The third-order valence-corrected chi connectivity index (χ3v) is 2.12. The van der Waals surface area contributed by atoms with E-state index in [1.807, 2.05) is 19.1 Å². The van der Waals surface area contributed by atoms with Gasteiger partial charge in [-0.2, -0.15) is 0 Å². The fourth-order valence-electron chi connectivity index (χ4n) is 0.993. The molecule has 2 nitrogen and oxygen atoms in total. The van der Waals surface area contributed by atoms with Crippen molar-refractivity contribution in [3.05, 3.63) is 27.7 Å². The van der Waals surface area contributed by atoms with Gasteiger partial charge in [0.15, 0.2) is 0 Å². The van der Waals surface area contributed by atoms with Crippen LogP contribution in [-0.4, -0.2) is 0 Å². The van der Waals surface area contributed by atoms with Crippen molar-refractivity contribution >= 4 is 21.6 Å². The van der Waals surface area contributed by atoms with Crippen LogP contribution in [0.2, 0.25) is 0 Å². The Morgan fingerprint density at radius 2 is 2.09 bits per heavy atom. The Balaban J connectivity index is 3.24. The highest BCUT2D eigenvalue weighted by molar-refractivity contribution is 9.10. The molecule has 0 spiro atoms. The van der Waals surface area contributed by atoms with Crippen LogP contribution in [0.5, 0.6) is 0 Å². The van der Waals surface area contributed by atoms with Gasteiger partial charge in [-0.05, 0) is 30.2 Å². The summed E-state index contributed by atoms with van der Waals surface area (Å²) in [6.07, 6.45) is 0. The molecule has 60 valence electrons. The van der Waals surface area contributed by atoms with Crippen molar-refractivity contribution in [1.29, 1.82) is 0 Å². The highest BCUT2D eigenvalue weighted by atomic mass is 79.9. The van der Waals surface area contributed by atoms with Gasteiger partial charge in [-0.3, -0.25) is 0 Å². The van der Waals surface area contributed by atoms with Crippen molar-refractivity contribution in [2.24, 2.45) is 5.73 Å². The molecule has 0 aliphatic rings. The van der Waals surface area contributed by atoms with Gasteiger partial charge in [0.2, 0.25) is 0 Å². The van der Waals surface area contributed by atoms with Crippen LogP contribution in [0, 0.1) is 6.92 Å². The van der Waals surface area contributed by atoms with Gasteiger partial charge in [-0.15, -0.1) is 0 Å². The lowest BCUT2D eigenvalue weighted by atomic mass is 10.1. The summed E-state index contributed by atoms with van der Waals surface area (Å²) in [5, 5.41) is 0. The average Bonchev–Trinajstić information content (AvgIpc) is 1.96. The topological polar surface area (TPSA) is 52.0 Å². The second-order valence-electron chi connectivity index (χ2n) is 2.50. The Bertz CT molecular complexity index is 271. The molecule has 0 aliphatic carbocycles. The number of nitrogens with two attached hydrogens (primary N) is 2. The third kappa shape index (κ3) is 1.73. The monoisotopic (exact) mass is 214 g/mol. The summed E-state index contributed by atoms with van der Waals surface area (Å²) in [7, 11) is 0. The molecule has 0 amide bonds. The van der Waals surface area contributed by atoms with E-state index in [2.05, 4.69) is 15.9 Å². The van der Waals surface area contributed by atoms with Gasteiger partial charge in [0.1, 0.15) is 0 Å². The van der Waals surface area contributed by atoms with Crippen LogP contribution in [0.3, 0.4) is 0 Å². The first kappa shape index (κ1) is 8.56. The standard InChI is InChI=1S/C8H11BrN2/c1-5-2-7(9)3-6(4-10)8(5)11/h2-3H,4,10-11H2,1H3. The number of anilines is 1. The van der Waals surface area contributed by atoms with E-state index < -0.39 is 0 Å². The van der Waals surface area contributed by atoms with Crippen LogP contribution in [0.25, 0.3) is 0 Å². The van der Waals surface area contributed by atoms with E-state index >= 15 is 0 Å². The predicted molar refractivity (Wildman–Crippen MR) is 51.2 cm³/mol. The van der Waals surface area contributed by atoms with Crippen molar-refractivity contribution in [3.63, 3.8) is 0 Å². The summed E-state index contributed by atoms with van der Waals surface area (Å²) in [6.45, 7) is 2.46. The number of nitrogen functional groups attached to an aromatic ring is 1. The fraction of sp³-hybridized carbons (Fsp3) is 0.250. The molecule has 0 saturated heterocycles. The molecule has 0 radical (unpaired) electrons. The number of rotatable bonds is 1. The van der Waals surface area contributed by atoms with Gasteiger partial charge < -0.3 is 11.5 Å². The van der Waals surface area contributed by atoms with Crippen molar-refractivity contribution < 1.29 is 0 Å². The van der Waals surface area contributed by atoms with E-state index in [0.29, 0.717) is 6.54 Å². The summed E-state index contributed by atoms with van der Waals surface area (Å²) >= 11 is 3.38. The van der Waals surface area contributed by atoms with Crippen LogP contribution in [-0.2, 0) is 6.54 Å². The molecule has 1 aromatic rings. The number of aryl methyl sites for hydroxylation is 1. The molecule has 0 saturated carbocycles. The smallest absolute Gasteiger partial charge is 0.0390 e. The SMILES string of the molecule is Cc1cc(Br)cc(CN)c1N. The van der Waals surface area contributed by atoms with Gasteiger partial charge in [0.25, 0.3) is 0 Å². The average molecular weight is 215 g/mol. The minimum absolute atomic E-state index is 0.492. The molecular formula is C8H11BrN2. The van der Waals surface area contributed by atoms with Crippen molar-refractivity contribution in [2.45, 2.75) is 13.5 Å². The molecule has 3 heteroatoms. The van der Waals surface area contributed by atoms with Crippen LogP contribution >= 0.6 is 15.9 Å². The van der Waals surface area contributed by atoms with Gasteiger partial charge >= 0.3 is 0 Å². The Labute approximate surface area is 74.7 Å². The number of hydrogen-bond donors (Lipinski definition) is 2. The van der Waals surface area contributed by atoms with Crippen LogP contribution < -0.4 is 11.5 Å². The quantitative estimate of drug-likeness (QED) is 0.701. The van der Waals surface area contributed by atoms with Crippen LogP contribution in [0.1, 0.15) is 11.1 Å². The first-order valence-electron chi connectivity index (χ1n) is 3.39. The highest BCUT2D eigenvalue weighted by Gasteiger charge is 2.01. The molecule has 11 heavy (non-hydrogen) atoms. The third-order valence-electron chi connectivity index (χ3n) is 1.66. The van der Waals surface area contributed by atoms with Crippen molar-refractivity contribution in [2.75, 3.05) is 5.73 Å². The molecule has 0 aliphatic heterocycles. The summed E-state index contributed by atoms with van der Waals surface area (Å²) in [5.74, 6) is 0. The van der Waals surface area contributed by atoms with E-state index in [1.54, 1.807) is 0 Å². The molecule has 0 fully saturated rings. The lowest BCUT2D eigenvalue weighted by Gasteiger charge is -2.06. The van der Waals surface area contributed by atoms with Gasteiger partial charge in [-0.1, -0.05) is 15.9 Å². The van der Waals surface area contributed by atoms with Gasteiger partial charge in [-0.25, -0.2) is 0 Å². The molecule has 0 heterocycles. The second kappa shape index (κ2) is 3.24. The Morgan fingerprint density at radius 3 is 2.64 bits per heavy atom. The molecule has 1 rings (SSSR count). The lowest BCUT2D eigenvalue weighted by Crippen LogP contribution is -2.03. The van der Waals surface area contributed by atoms with Gasteiger partial charge in [0.05, 0.1) is 0 Å². The molecular weight excluding hydrogens is 204 g/mol. The summed E-state index contributed by atoms with van der Waals surface area (Å²) < 4.78 is 1.03. The predicted octanol–water partition coefficient (Wildman–Crippen LogP) is 1.80. The summed E-state index contributed by atoms with van der Waals surface area (Å²) in [5.41, 5.74) is 14.1. The maximum atomic E-state index is 5.76. The van der Waals surface area contributed by atoms with Crippen LogP contribution in [0.15, 0.2) is 16.6 Å². The Morgan fingerprint density at radius 1 is 1.45 bits per heavy atom. The van der Waals surface area contributed by atoms with Gasteiger partial charge in [0, 0.05) is 16.7 Å². The van der Waals surface area contributed by atoms with Crippen molar-refractivity contribution in [3.8, 4) is 0 Å². The Kier molecular flexibility index (Phi) is 2.52. The zero-order chi connectivity index (χ0) is 8.43. The second-order valence-corrected chi connectivity index (χ2v) is 3.42. The minimum atomic E-state index is 0.492. The highest BCUT2D eigenvalue weighted by Crippen LogP contribution is 2.22.